The molecule has 89 heavy (non-hydrogen) atoms. The highest BCUT2D eigenvalue weighted by Gasteiger charge is 2.48. The van der Waals surface area contributed by atoms with Gasteiger partial charge in [0.15, 0.2) is 0 Å². The standard InChI is InChI=1S/C82H57B2N3O2/c1-82(2,3)57-47-74-80-78(48-57)89-76-51-72-66(50-67(76)83(80)64-44-43-58(85-69-40-21-17-34-62(69)63-35-18-22-41-70(63)85)49-71(64)86(74)68-39-20-16-33-59(68)53-27-10-5-11-28-53)84-65-38-19-23-42-75(65)88-77-46-56(52-25-8-4-9-26-52)45-73(79(77)84)87(72)81-60(54-29-12-6-13-30-54)36-24-37-61(81)55-31-14-7-15-32-55/h4-51H,1-3H3. The number of anilines is 6. The number of nitrogens with zero attached hydrogens (tertiary/aromatic N) is 3. The molecule has 5 heterocycles. The molecule has 0 atom stereocenters. The molecule has 418 valence electrons. The van der Waals surface area contributed by atoms with Crippen LogP contribution >= 0.6 is 0 Å². The van der Waals surface area contributed by atoms with Gasteiger partial charge in [-0.15, -0.1) is 0 Å². The zero-order chi connectivity index (χ0) is 59.1. The number of ether oxygens (including phenoxy) is 2. The van der Waals surface area contributed by atoms with E-state index in [0.29, 0.717) is 0 Å². The summed E-state index contributed by atoms with van der Waals surface area (Å²) >= 11 is 0. The molecule has 14 aromatic rings. The van der Waals surface area contributed by atoms with Crippen LogP contribution in [0.2, 0.25) is 0 Å². The number of hydrogen-bond acceptors (Lipinski definition) is 4. The maximum Gasteiger partial charge on any atom is 0.256 e. The highest BCUT2D eigenvalue weighted by atomic mass is 16.5. The Balaban J connectivity index is 0.954. The van der Waals surface area contributed by atoms with Gasteiger partial charge in [0.1, 0.15) is 23.0 Å². The Hall–Kier alpha value is -11.0. The molecule has 4 aliphatic heterocycles. The predicted octanol–water partition coefficient (Wildman–Crippen LogP) is 17.6. The van der Waals surface area contributed by atoms with Gasteiger partial charge >= 0.3 is 0 Å². The summed E-state index contributed by atoms with van der Waals surface area (Å²) in [6.07, 6.45) is 0. The second kappa shape index (κ2) is 19.8. The highest BCUT2D eigenvalue weighted by molar-refractivity contribution is 7.02. The van der Waals surface area contributed by atoms with E-state index in [-0.39, 0.29) is 18.8 Å². The molecule has 18 rings (SSSR count). The summed E-state index contributed by atoms with van der Waals surface area (Å²) in [7, 11) is 0. The first-order valence-electron chi connectivity index (χ1n) is 31.0. The fourth-order valence-corrected chi connectivity index (χ4v) is 15.0. The lowest BCUT2D eigenvalue weighted by Gasteiger charge is -2.44. The van der Waals surface area contributed by atoms with Crippen LogP contribution in [-0.4, -0.2) is 18.0 Å². The van der Waals surface area contributed by atoms with E-state index in [0.717, 1.165) is 129 Å². The van der Waals surface area contributed by atoms with Gasteiger partial charge in [-0.2, -0.15) is 0 Å². The quantitative estimate of drug-likeness (QED) is 0.149. The zero-order valence-electron chi connectivity index (χ0n) is 49.5. The molecule has 0 unspecified atom stereocenters. The number of benzene rings is 13. The minimum atomic E-state index is -0.240. The van der Waals surface area contributed by atoms with Crippen LogP contribution in [0.5, 0.6) is 23.0 Å². The van der Waals surface area contributed by atoms with Crippen LogP contribution in [0, 0.1) is 0 Å². The van der Waals surface area contributed by atoms with Gasteiger partial charge < -0.3 is 23.8 Å². The third kappa shape index (κ3) is 7.91. The molecule has 0 radical (unpaired) electrons. The summed E-state index contributed by atoms with van der Waals surface area (Å²) in [5.74, 6) is 3.41. The van der Waals surface area contributed by atoms with Gasteiger partial charge in [-0.1, -0.05) is 245 Å². The van der Waals surface area contributed by atoms with Crippen molar-refractivity contribution in [3.8, 4) is 73.2 Å². The van der Waals surface area contributed by atoms with Crippen LogP contribution in [0.25, 0.3) is 72.0 Å². The number of rotatable bonds is 7. The van der Waals surface area contributed by atoms with E-state index in [1.165, 1.54) is 38.3 Å². The SMILES string of the molecule is CC(C)(C)c1cc2c3c(c1)N(c1ccccc1-c1ccccc1)c1cc(-n4c5ccccc5c5ccccc54)ccc1B3c1cc3c(cc1O2)N(c1c(-c2ccccc2)cccc1-c1ccccc1)c1cc(-c2ccccc2)cc2c1B3c1ccccc1O2. The Bertz CT molecular complexity index is 5100. The van der Waals surface area contributed by atoms with Gasteiger partial charge in [0.25, 0.3) is 13.4 Å². The van der Waals surface area contributed by atoms with Gasteiger partial charge in [-0.05, 0) is 132 Å². The monoisotopic (exact) mass is 1140 g/mol. The largest absolute Gasteiger partial charge is 0.458 e. The van der Waals surface area contributed by atoms with Crippen LogP contribution in [0.1, 0.15) is 26.3 Å². The van der Waals surface area contributed by atoms with E-state index < -0.39 is 0 Å². The van der Waals surface area contributed by atoms with E-state index in [4.69, 9.17) is 9.47 Å². The van der Waals surface area contributed by atoms with Gasteiger partial charge in [-0.3, -0.25) is 0 Å². The summed E-state index contributed by atoms with van der Waals surface area (Å²) in [5, 5.41) is 2.46. The van der Waals surface area contributed by atoms with Crippen molar-refractivity contribution in [3.05, 3.63) is 297 Å². The molecule has 5 nitrogen and oxygen atoms in total. The Kier molecular flexibility index (Phi) is 11.4. The van der Waals surface area contributed by atoms with Crippen molar-refractivity contribution in [2.75, 3.05) is 9.80 Å². The second-order valence-electron chi connectivity index (χ2n) is 25.1. The Morgan fingerprint density at radius 3 is 1.48 bits per heavy atom. The summed E-state index contributed by atoms with van der Waals surface area (Å²) < 4.78 is 17.5. The summed E-state index contributed by atoms with van der Waals surface area (Å²) in [6.45, 7) is 6.53. The smallest absolute Gasteiger partial charge is 0.256 e. The first-order valence-corrected chi connectivity index (χ1v) is 31.0. The first-order chi connectivity index (χ1) is 43.8. The van der Waals surface area contributed by atoms with Crippen molar-refractivity contribution in [1.82, 2.24) is 4.57 Å². The van der Waals surface area contributed by atoms with Crippen LogP contribution in [-0.2, 0) is 5.41 Å². The minimum absolute atomic E-state index is 0.200. The normalized spacial score (nSPS) is 13.2. The molecule has 13 aromatic carbocycles. The lowest BCUT2D eigenvalue weighted by Crippen LogP contribution is -2.63. The maximum atomic E-state index is 7.81. The van der Waals surface area contributed by atoms with Crippen LogP contribution in [0.4, 0.5) is 34.1 Å². The fraction of sp³-hybridized carbons (Fsp3) is 0.0488. The Labute approximate surface area is 519 Å². The molecule has 7 heteroatoms. The van der Waals surface area contributed by atoms with Crippen molar-refractivity contribution >= 4 is 102 Å². The molecular formula is C82H57B2N3O2. The molecule has 0 aliphatic carbocycles. The van der Waals surface area contributed by atoms with E-state index in [9.17, 15) is 0 Å². The molecular weight excluding hydrogens is 1080 g/mol. The molecule has 0 bridgehead atoms. The third-order valence-electron chi connectivity index (χ3n) is 19.0. The summed E-state index contributed by atoms with van der Waals surface area (Å²) in [6, 6.07) is 107. The average Bonchev–Trinajstić information content (AvgIpc) is 1.13. The van der Waals surface area contributed by atoms with Crippen molar-refractivity contribution in [1.29, 1.82) is 0 Å². The molecule has 0 N–H and O–H groups in total. The molecule has 0 amide bonds. The van der Waals surface area contributed by atoms with Gasteiger partial charge in [0.05, 0.1) is 22.4 Å². The predicted molar refractivity (Wildman–Crippen MR) is 373 cm³/mol. The van der Waals surface area contributed by atoms with E-state index in [1.54, 1.807) is 0 Å². The lowest BCUT2D eigenvalue weighted by atomic mass is 9.31. The maximum absolute atomic E-state index is 7.81. The number of para-hydroxylation sites is 5. The molecule has 4 aliphatic rings. The number of fused-ring (bicyclic) bond motifs is 11. The third-order valence-corrected chi connectivity index (χ3v) is 19.0. The lowest BCUT2D eigenvalue weighted by molar-refractivity contribution is 0.483. The molecule has 0 fully saturated rings. The molecule has 1 aromatic heterocycles. The van der Waals surface area contributed by atoms with Gasteiger partial charge in [0, 0.05) is 62.0 Å². The van der Waals surface area contributed by atoms with Crippen molar-refractivity contribution in [2.45, 2.75) is 26.2 Å². The van der Waals surface area contributed by atoms with Crippen molar-refractivity contribution < 1.29 is 9.47 Å². The fourth-order valence-electron chi connectivity index (χ4n) is 15.0. The Morgan fingerprint density at radius 1 is 0.303 bits per heavy atom. The van der Waals surface area contributed by atoms with Crippen LogP contribution in [0.3, 0.4) is 0 Å². The molecule has 0 saturated carbocycles. The van der Waals surface area contributed by atoms with Gasteiger partial charge in [-0.25, -0.2) is 0 Å². The minimum Gasteiger partial charge on any atom is -0.458 e. The highest BCUT2D eigenvalue weighted by Crippen LogP contribution is 2.52. The van der Waals surface area contributed by atoms with E-state index in [1.807, 2.05) is 0 Å². The van der Waals surface area contributed by atoms with Crippen LogP contribution in [0.15, 0.2) is 291 Å². The number of hydrogen-bond donors (Lipinski definition) is 0. The van der Waals surface area contributed by atoms with Gasteiger partial charge in [0.2, 0.25) is 0 Å². The second-order valence-corrected chi connectivity index (χ2v) is 25.1. The van der Waals surface area contributed by atoms with Crippen molar-refractivity contribution in [2.24, 2.45) is 0 Å². The summed E-state index contributed by atoms with van der Waals surface area (Å²) in [5.41, 5.74) is 26.8. The number of aromatic nitrogens is 1. The van der Waals surface area contributed by atoms with Crippen LogP contribution < -0.4 is 52.1 Å². The van der Waals surface area contributed by atoms with E-state index in [2.05, 4.69) is 326 Å². The zero-order valence-corrected chi connectivity index (χ0v) is 49.5. The van der Waals surface area contributed by atoms with E-state index >= 15 is 0 Å². The molecule has 0 spiro atoms. The summed E-state index contributed by atoms with van der Waals surface area (Å²) in [4.78, 5) is 5.12. The topological polar surface area (TPSA) is 29.9 Å². The molecule has 0 saturated heterocycles. The first kappa shape index (κ1) is 51.2. The average molecular weight is 1140 g/mol. The van der Waals surface area contributed by atoms with Crippen molar-refractivity contribution in [3.63, 3.8) is 0 Å². The Morgan fingerprint density at radius 2 is 0.820 bits per heavy atom.